The van der Waals surface area contributed by atoms with Crippen LogP contribution in [0.25, 0.3) is 11.2 Å². The van der Waals surface area contributed by atoms with E-state index in [4.69, 9.17) is 4.74 Å². The van der Waals surface area contributed by atoms with Gasteiger partial charge in [-0.3, -0.25) is 0 Å². The van der Waals surface area contributed by atoms with E-state index in [1.54, 1.807) is 0 Å². The SMILES string of the molecule is CCOc1ccc2[nH]c(C3NCCc4sccc43)nc2n1. The number of fused-ring (bicyclic) bond motifs is 2. The molecule has 0 amide bonds. The fourth-order valence-corrected chi connectivity index (χ4v) is 3.67. The Kier molecular flexibility index (Phi) is 3.12. The molecule has 4 rings (SSSR count). The second-order valence-electron chi connectivity index (χ2n) is 5.01. The summed E-state index contributed by atoms with van der Waals surface area (Å²) in [5, 5.41) is 5.68. The molecule has 0 saturated carbocycles. The van der Waals surface area contributed by atoms with Gasteiger partial charge in [-0.1, -0.05) is 0 Å². The molecular formula is C15H16N4OS. The Morgan fingerprint density at radius 3 is 3.19 bits per heavy atom. The largest absolute Gasteiger partial charge is 0.478 e. The average Bonchev–Trinajstić information content (AvgIpc) is 3.13. The highest BCUT2D eigenvalue weighted by Crippen LogP contribution is 2.31. The van der Waals surface area contributed by atoms with Gasteiger partial charge in [0.1, 0.15) is 5.82 Å². The van der Waals surface area contributed by atoms with Crippen molar-refractivity contribution in [2.24, 2.45) is 0 Å². The van der Waals surface area contributed by atoms with E-state index in [1.165, 1.54) is 10.4 Å². The zero-order valence-corrected chi connectivity index (χ0v) is 12.5. The molecule has 0 spiro atoms. The molecular weight excluding hydrogens is 284 g/mol. The summed E-state index contributed by atoms with van der Waals surface area (Å²) in [6.07, 6.45) is 1.09. The Labute approximate surface area is 126 Å². The van der Waals surface area contributed by atoms with Crippen molar-refractivity contribution in [3.8, 4) is 5.88 Å². The molecule has 1 unspecified atom stereocenters. The zero-order valence-electron chi connectivity index (χ0n) is 11.7. The van der Waals surface area contributed by atoms with Crippen LogP contribution in [0.15, 0.2) is 23.6 Å². The molecule has 21 heavy (non-hydrogen) atoms. The van der Waals surface area contributed by atoms with Gasteiger partial charge in [-0.05, 0) is 36.4 Å². The molecule has 4 heterocycles. The van der Waals surface area contributed by atoms with Crippen molar-refractivity contribution in [1.29, 1.82) is 0 Å². The minimum absolute atomic E-state index is 0.129. The number of nitrogens with zero attached hydrogens (tertiary/aromatic N) is 2. The van der Waals surface area contributed by atoms with Gasteiger partial charge in [0.2, 0.25) is 5.88 Å². The van der Waals surface area contributed by atoms with Gasteiger partial charge in [0.25, 0.3) is 0 Å². The van der Waals surface area contributed by atoms with Crippen molar-refractivity contribution < 1.29 is 4.74 Å². The molecule has 1 aliphatic rings. The molecule has 0 fully saturated rings. The normalized spacial score (nSPS) is 17.9. The van der Waals surface area contributed by atoms with Gasteiger partial charge < -0.3 is 15.0 Å². The fourth-order valence-electron chi connectivity index (χ4n) is 2.75. The van der Waals surface area contributed by atoms with Crippen LogP contribution in [0.5, 0.6) is 5.88 Å². The maximum absolute atomic E-state index is 5.43. The van der Waals surface area contributed by atoms with Crippen LogP contribution in [0.3, 0.4) is 0 Å². The van der Waals surface area contributed by atoms with Crippen LogP contribution in [-0.4, -0.2) is 28.1 Å². The van der Waals surface area contributed by atoms with Gasteiger partial charge in [0.05, 0.1) is 18.2 Å². The summed E-state index contributed by atoms with van der Waals surface area (Å²) in [5.41, 5.74) is 2.98. The third-order valence-corrected chi connectivity index (χ3v) is 4.69. The number of pyridine rings is 1. The van der Waals surface area contributed by atoms with E-state index >= 15 is 0 Å². The second-order valence-corrected chi connectivity index (χ2v) is 6.01. The van der Waals surface area contributed by atoms with E-state index in [9.17, 15) is 0 Å². The van der Waals surface area contributed by atoms with Crippen LogP contribution in [-0.2, 0) is 6.42 Å². The molecule has 3 aromatic rings. The summed E-state index contributed by atoms with van der Waals surface area (Å²) in [6, 6.07) is 6.16. The summed E-state index contributed by atoms with van der Waals surface area (Å²) in [5.74, 6) is 1.54. The first-order chi connectivity index (χ1) is 10.3. The zero-order chi connectivity index (χ0) is 14.2. The van der Waals surface area contributed by atoms with Crippen molar-refractivity contribution in [3.05, 3.63) is 39.8 Å². The topological polar surface area (TPSA) is 62.8 Å². The highest BCUT2D eigenvalue weighted by molar-refractivity contribution is 7.10. The summed E-state index contributed by atoms with van der Waals surface area (Å²) in [6.45, 7) is 3.54. The van der Waals surface area contributed by atoms with E-state index in [2.05, 4.69) is 31.7 Å². The Balaban J connectivity index is 1.75. The molecule has 0 bridgehead atoms. The number of thiophene rings is 1. The molecule has 0 aliphatic carbocycles. The molecule has 3 aromatic heterocycles. The number of ether oxygens (including phenoxy) is 1. The van der Waals surface area contributed by atoms with E-state index in [0.29, 0.717) is 18.1 Å². The lowest BCUT2D eigenvalue weighted by Gasteiger charge is -2.22. The van der Waals surface area contributed by atoms with Crippen LogP contribution < -0.4 is 10.1 Å². The maximum atomic E-state index is 5.43. The van der Waals surface area contributed by atoms with Gasteiger partial charge in [-0.15, -0.1) is 11.3 Å². The Bertz CT molecular complexity index is 779. The summed E-state index contributed by atoms with van der Waals surface area (Å²) >= 11 is 1.82. The van der Waals surface area contributed by atoms with E-state index in [0.717, 1.165) is 24.3 Å². The highest BCUT2D eigenvalue weighted by atomic mass is 32.1. The lowest BCUT2D eigenvalue weighted by atomic mass is 10.0. The number of hydrogen-bond acceptors (Lipinski definition) is 5. The maximum Gasteiger partial charge on any atom is 0.215 e. The molecule has 6 heteroatoms. The van der Waals surface area contributed by atoms with Crippen LogP contribution in [0, 0.1) is 0 Å². The van der Waals surface area contributed by atoms with Crippen molar-refractivity contribution in [1.82, 2.24) is 20.3 Å². The molecule has 0 radical (unpaired) electrons. The Hall–Kier alpha value is -1.92. The third kappa shape index (κ3) is 2.20. The number of rotatable bonds is 3. The number of imidazole rings is 1. The second kappa shape index (κ2) is 5.13. The lowest BCUT2D eigenvalue weighted by molar-refractivity contribution is 0.328. The summed E-state index contributed by atoms with van der Waals surface area (Å²) in [7, 11) is 0. The van der Waals surface area contributed by atoms with Gasteiger partial charge in [0.15, 0.2) is 5.65 Å². The first-order valence-corrected chi connectivity index (χ1v) is 8.02. The first-order valence-electron chi connectivity index (χ1n) is 7.14. The van der Waals surface area contributed by atoms with Crippen LogP contribution in [0.1, 0.15) is 29.2 Å². The van der Waals surface area contributed by atoms with Crippen LogP contribution in [0.4, 0.5) is 0 Å². The van der Waals surface area contributed by atoms with Gasteiger partial charge in [-0.25, -0.2) is 4.98 Å². The van der Waals surface area contributed by atoms with Crippen molar-refractivity contribution in [2.45, 2.75) is 19.4 Å². The number of aromatic nitrogens is 3. The molecule has 1 atom stereocenters. The van der Waals surface area contributed by atoms with E-state index < -0.39 is 0 Å². The predicted molar refractivity (Wildman–Crippen MR) is 82.9 cm³/mol. The first kappa shape index (κ1) is 12.8. The van der Waals surface area contributed by atoms with Gasteiger partial charge >= 0.3 is 0 Å². The Morgan fingerprint density at radius 2 is 2.29 bits per heavy atom. The molecule has 108 valence electrons. The predicted octanol–water partition coefficient (Wildman–Crippen LogP) is 2.65. The molecule has 5 nitrogen and oxygen atoms in total. The minimum Gasteiger partial charge on any atom is -0.478 e. The quantitative estimate of drug-likeness (QED) is 0.780. The van der Waals surface area contributed by atoms with Crippen LogP contribution >= 0.6 is 11.3 Å². The van der Waals surface area contributed by atoms with Gasteiger partial charge in [-0.2, -0.15) is 4.98 Å². The molecule has 0 saturated heterocycles. The smallest absolute Gasteiger partial charge is 0.215 e. The minimum atomic E-state index is 0.129. The van der Waals surface area contributed by atoms with E-state index in [-0.39, 0.29) is 6.04 Å². The number of aromatic amines is 1. The number of nitrogens with one attached hydrogen (secondary N) is 2. The summed E-state index contributed by atoms with van der Waals surface area (Å²) in [4.78, 5) is 13.9. The highest BCUT2D eigenvalue weighted by Gasteiger charge is 2.25. The molecule has 1 aliphatic heterocycles. The molecule has 2 N–H and O–H groups in total. The van der Waals surface area contributed by atoms with Crippen LogP contribution in [0.2, 0.25) is 0 Å². The Morgan fingerprint density at radius 1 is 1.33 bits per heavy atom. The molecule has 0 aromatic carbocycles. The van der Waals surface area contributed by atoms with Crippen molar-refractivity contribution in [3.63, 3.8) is 0 Å². The van der Waals surface area contributed by atoms with Gasteiger partial charge in [0, 0.05) is 17.5 Å². The summed E-state index contributed by atoms with van der Waals surface area (Å²) < 4.78 is 5.43. The standard InChI is InChI=1S/C15H16N4OS/c1-2-20-12-4-3-10-14(18-12)19-15(17-10)13-9-6-8-21-11(9)5-7-16-13/h3-4,6,8,13,16H,2,5,7H2,1H3,(H,17,18,19). The van der Waals surface area contributed by atoms with Crippen molar-refractivity contribution in [2.75, 3.05) is 13.2 Å². The van der Waals surface area contributed by atoms with E-state index in [1.807, 2.05) is 30.4 Å². The van der Waals surface area contributed by atoms with Crippen molar-refractivity contribution >= 4 is 22.5 Å². The number of hydrogen-bond donors (Lipinski definition) is 2. The third-order valence-electron chi connectivity index (χ3n) is 3.70. The number of H-pyrrole nitrogens is 1. The average molecular weight is 300 g/mol. The fraction of sp³-hybridized carbons (Fsp3) is 0.333. The lowest BCUT2D eigenvalue weighted by Crippen LogP contribution is -2.30. The monoisotopic (exact) mass is 300 g/mol.